The third-order valence-electron chi connectivity index (χ3n) is 5.11. The molecule has 2 heteroatoms. The molecule has 2 unspecified atom stereocenters. The van der Waals surface area contributed by atoms with E-state index in [0.29, 0.717) is 0 Å². The highest BCUT2D eigenvalue weighted by molar-refractivity contribution is 7.82. The molecule has 1 nitrogen and oxygen atoms in total. The molecule has 0 radical (unpaired) electrons. The lowest BCUT2D eigenvalue weighted by Crippen LogP contribution is -2.44. The maximum absolute atomic E-state index is 5.93. The average Bonchev–Trinajstić information content (AvgIpc) is 2.53. The van der Waals surface area contributed by atoms with Crippen LogP contribution < -0.4 is 0 Å². The van der Waals surface area contributed by atoms with Crippen molar-refractivity contribution in [3.63, 3.8) is 0 Å². The van der Waals surface area contributed by atoms with E-state index >= 15 is 0 Å². The summed E-state index contributed by atoms with van der Waals surface area (Å²) in [5.41, 5.74) is 5.74. The molecule has 1 aromatic carbocycles. The molecule has 1 aliphatic rings. The summed E-state index contributed by atoms with van der Waals surface area (Å²) in [6.07, 6.45) is 6.29. The SMILES string of the molecule is C=C(C)c1ccc(C2=CCC(CC)(OC)/C(=C\C)C2(C)S)cc1. The molecule has 0 bridgehead atoms. The number of hydrogen-bond donors (Lipinski definition) is 1. The third kappa shape index (κ3) is 3.07. The third-order valence-corrected chi connectivity index (χ3v) is 5.60. The standard InChI is InChI=1S/C21H28OS/c1-7-19-20(5,23)18(13-14-21(19,8-2)22-6)17-11-9-16(10-12-17)15(3)4/h7,9-13,23H,3,8,14H2,1-2,4-6H3/b19-7-. The number of ether oxygens (including phenoxy) is 1. The van der Waals surface area contributed by atoms with Crippen molar-refractivity contribution >= 4 is 23.8 Å². The number of benzene rings is 1. The summed E-state index contributed by atoms with van der Waals surface area (Å²) >= 11 is 5.05. The zero-order valence-corrected chi connectivity index (χ0v) is 15.8. The highest BCUT2D eigenvalue weighted by atomic mass is 32.1. The lowest BCUT2D eigenvalue weighted by atomic mass is 9.70. The Morgan fingerprint density at radius 2 is 1.96 bits per heavy atom. The van der Waals surface area contributed by atoms with Crippen LogP contribution in [0.25, 0.3) is 11.1 Å². The van der Waals surface area contributed by atoms with Crippen molar-refractivity contribution in [1.82, 2.24) is 0 Å². The van der Waals surface area contributed by atoms with E-state index in [2.05, 4.69) is 63.8 Å². The topological polar surface area (TPSA) is 9.23 Å². The second-order valence-corrected chi connectivity index (χ2v) is 7.40. The Labute approximate surface area is 146 Å². The first kappa shape index (κ1) is 18.1. The number of thiol groups is 1. The Kier molecular flexibility index (Phi) is 5.27. The monoisotopic (exact) mass is 328 g/mol. The molecule has 0 N–H and O–H groups in total. The first-order valence-corrected chi connectivity index (χ1v) is 8.69. The maximum Gasteiger partial charge on any atom is 0.0935 e. The summed E-state index contributed by atoms with van der Waals surface area (Å²) in [5, 5.41) is 0. The number of hydrogen-bond acceptors (Lipinski definition) is 2. The summed E-state index contributed by atoms with van der Waals surface area (Å²) in [5.74, 6) is 0. The summed E-state index contributed by atoms with van der Waals surface area (Å²) < 4.78 is 5.58. The molecule has 0 aromatic heterocycles. The minimum absolute atomic E-state index is 0.244. The van der Waals surface area contributed by atoms with E-state index < -0.39 is 0 Å². The van der Waals surface area contributed by atoms with E-state index in [1.807, 2.05) is 6.92 Å². The fourth-order valence-electron chi connectivity index (χ4n) is 3.71. The molecule has 1 aromatic rings. The quantitative estimate of drug-likeness (QED) is 0.532. The Balaban J connectivity index is 2.51. The lowest BCUT2D eigenvalue weighted by Gasteiger charge is -2.46. The molecular formula is C21H28OS. The predicted molar refractivity (Wildman–Crippen MR) is 105 cm³/mol. The maximum atomic E-state index is 5.93. The Bertz CT molecular complexity index is 643. The van der Waals surface area contributed by atoms with Gasteiger partial charge in [-0.1, -0.05) is 55.5 Å². The van der Waals surface area contributed by atoms with Crippen molar-refractivity contribution in [2.75, 3.05) is 7.11 Å². The van der Waals surface area contributed by atoms with Gasteiger partial charge in [0.1, 0.15) is 0 Å². The highest BCUT2D eigenvalue weighted by Gasteiger charge is 2.45. The first-order valence-electron chi connectivity index (χ1n) is 8.24. The molecule has 1 aliphatic carbocycles. The van der Waals surface area contributed by atoms with Crippen LogP contribution in [-0.4, -0.2) is 17.5 Å². The molecule has 0 saturated carbocycles. The molecule has 23 heavy (non-hydrogen) atoms. The van der Waals surface area contributed by atoms with E-state index in [1.54, 1.807) is 7.11 Å². The van der Waals surface area contributed by atoms with Gasteiger partial charge in [0.25, 0.3) is 0 Å². The molecule has 0 aliphatic heterocycles. The fraction of sp³-hybridized carbons (Fsp3) is 0.429. The molecule has 0 amide bonds. The van der Waals surface area contributed by atoms with Gasteiger partial charge in [-0.05, 0) is 55.9 Å². The van der Waals surface area contributed by atoms with Crippen molar-refractivity contribution < 1.29 is 4.74 Å². The highest BCUT2D eigenvalue weighted by Crippen LogP contribution is 2.50. The second-order valence-electron chi connectivity index (χ2n) is 6.51. The minimum Gasteiger partial charge on any atom is -0.373 e. The lowest BCUT2D eigenvalue weighted by molar-refractivity contribution is 0.0153. The minimum atomic E-state index is -0.343. The van der Waals surface area contributed by atoms with Crippen LogP contribution in [0, 0.1) is 0 Å². The van der Waals surface area contributed by atoms with Crippen molar-refractivity contribution in [3.05, 3.63) is 59.7 Å². The van der Waals surface area contributed by atoms with E-state index in [0.717, 1.165) is 18.4 Å². The van der Waals surface area contributed by atoms with Gasteiger partial charge in [0.15, 0.2) is 0 Å². The summed E-state index contributed by atoms with van der Waals surface area (Å²) in [4.78, 5) is 0. The van der Waals surface area contributed by atoms with Crippen LogP contribution in [0.4, 0.5) is 0 Å². The first-order chi connectivity index (χ1) is 10.8. The summed E-state index contributed by atoms with van der Waals surface area (Å²) in [6, 6.07) is 8.61. The van der Waals surface area contributed by atoms with E-state index in [9.17, 15) is 0 Å². The van der Waals surface area contributed by atoms with Crippen LogP contribution in [0.2, 0.25) is 0 Å². The zero-order chi connectivity index (χ0) is 17.3. The van der Waals surface area contributed by atoms with Crippen molar-refractivity contribution in [3.8, 4) is 0 Å². The van der Waals surface area contributed by atoms with Gasteiger partial charge in [0.05, 0.1) is 10.3 Å². The van der Waals surface area contributed by atoms with Gasteiger partial charge in [-0.25, -0.2) is 0 Å². The van der Waals surface area contributed by atoms with Gasteiger partial charge in [-0.2, -0.15) is 12.6 Å². The molecule has 0 heterocycles. The normalized spacial score (nSPS) is 29.5. The van der Waals surface area contributed by atoms with Crippen molar-refractivity contribution in [2.45, 2.75) is 50.9 Å². The Hall–Kier alpha value is -1.25. The predicted octanol–water partition coefficient (Wildman–Crippen LogP) is 5.94. The number of methoxy groups -OCH3 is 1. The van der Waals surface area contributed by atoms with Crippen LogP contribution >= 0.6 is 12.6 Å². The molecule has 124 valence electrons. The van der Waals surface area contributed by atoms with Crippen LogP contribution in [-0.2, 0) is 4.74 Å². The molecule has 0 fully saturated rings. The van der Waals surface area contributed by atoms with Crippen LogP contribution in [0.5, 0.6) is 0 Å². The molecule has 2 atom stereocenters. The smallest absolute Gasteiger partial charge is 0.0935 e. The molecule has 0 spiro atoms. The van der Waals surface area contributed by atoms with Crippen LogP contribution in [0.3, 0.4) is 0 Å². The van der Waals surface area contributed by atoms with Gasteiger partial charge in [-0.15, -0.1) is 0 Å². The summed E-state index contributed by atoms with van der Waals surface area (Å²) in [6.45, 7) is 12.5. The van der Waals surface area contributed by atoms with E-state index in [-0.39, 0.29) is 10.3 Å². The van der Waals surface area contributed by atoms with Gasteiger partial charge in [0.2, 0.25) is 0 Å². The van der Waals surface area contributed by atoms with Crippen molar-refractivity contribution in [1.29, 1.82) is 0 Å². The molecule has 2 rings (SSSR count). The second kappa shape index (κ2) is 6.70. The summed E-state index contributed by atoms with van der Waals surface area (Å²) in [7, 11) is 1.80. The Morgan fingerprint density at radius 3 is 2.39 bits per heavy atom. The largest absolute Gasteiger partial charge is 0.373 e. The van der Waals surface area contributed by atoms with Crippen LogP contribution in [0.1, 0.15) is 51.7 Å². The number of rotatable bonds is 4. The van der Waals surface area contributed by atoms with Crippen LogP contribution in [0.15, 0.2) is 48.6 Å². The zero-order valence-electron chi connectivity index (χ0n) is 14.9. The van der Waals surface area contributed by atoms with Gasteiger partial charge >= 0.3 is 0 Å². The average molecular weight is 329 g/mol. The van der Waals surface area contributed by atoms with E-state index in [4.69, 9.17) is 17.4 Å². The Morgan fingerprint density at radius 1 is 1.35 bits per heavy atom. The van der Waals surface area contributed by atoms with Gasteiger partial charge < -0.3 is 4.74 Å². The number of allylic oxidation sites excluding steroid dienone is 2. The van der Waals surface area contributed by atoms with E-state index in [1.165, 1.54) is 22.3 Å². The fourth-order valence-corrected chi connectivity index (χ4v) is 4.27. The molecular weight excluding hydrogens is 300 g/mol. The van der Waals surface area contributed by atoms with Gasteiger partial charge in [-0.3, -0.25) is 0 Å². The molecule has 0 saturated heterocycles. The van der Waals surface area contributed by atoms with Crippen molar-refractivity contribution in [2.24, 2.45) is 0 Å². The van der Waals surface area contributed by atoms with Gasteiger partial charge in [0, 0.05) is 7.11 Å².